The molecule has 2 aromatic rings. The number of carbonyl (C=O) groups excluding carboxylic acids is 2. The van der Waals surface area contributed by atoms with Gasteiger partial charge in [-0.05, 0) is 29.3 Å². The zero-order valence-corrected chi connectivity index (χ0v) is 16.0. The van der Waals surface area contributed by atoms with Crippen LogP contribution in [0.5, 0.6) is 0 Å². The van der Waals surface area contributed by atoms with Crippen LogP contribution in [0.3, 0.4) is 0 Å². The summed E-state index contributed by atoms with van der Waals surface area (Å²) in [5.41, 5.74) is 4.47. The third-order valence-corrected chi connectivity index (χ3v) is 5.51. The number of hydroxylamine groups is 1. The number of likely N-dealkylation sites (tertiary alicyclic amines) is 1. The van der Waals surface area contributed by atoms with Gasteiger partial charge in [-0.15, -0.1) is 0 Å². The highest BCUT2D eigenvalue weighted by Crippen LogP contribution is 2.32. The quantitative estimate of drug-likeness (QED) is 0.364. The molecule has 2 heterocycles. The average Bonchev–Trinajstić information content (AvgIpc) is 2.75. The molecule has 0 bridgehead atoms. The highest BCUT2D eigenvalue weighted by atomic mass is 16.5. The second-order valence-electron chi connectivity index (χ2n) is 7.54. The fourth-order valence-electron chi connectivity index (χ4n) is 3.93. The van der Waals surface area contributed by atoms with E-state index in [1.165, 1.54) is 11.6 Å². The van der Waals surface area contributed by atoms with E-state index < -0.39 is 11.6 Å². The monoisotopic (exact) mass is 392 g/mol. The van der Waals surface area contributed by atoms with E-state index in [4.69, 9.17) is 5.21 Å². The van der Waals surface area contributed by atoms with E-state index in [9.17, 15) is 9.59 Å². The summed E-state index contributed by atoms with van der Waals surface area (Å²) in [5.74, 6) is -0.733. The van der Waals surface area contributed by atoms with Crippen LogP contribution in [-0.4, -0.2) is 40.7 Å². The lowest BCUT2D eigenvalue weighted by Crippen LogP contribution is -2.62. The molecule has 2 aliphatic heterocycles. The molecule has 1 saturated heterocycles. The summed E-state index contributed by atoms with van der Waals surface area (Å²) in [6, 6.07) is 15.8. The Hall–Kier alpha value is -3.16. The summed E-state index contributed by atoms with van der Waals surface area (Å²) in [7, 11) is 0. The molecule has 0 saturated carbocycles. The molecule has 1 spiro atoms. The number of fused-ring (bicyclic) bond motifs is 1. The first-order valence-electron chi connectivity index (χ1n) is 9.70. The molecule has 0 aliphatic carbocycles. The van der Waals surface area contributed by atoms with E-state index in [1.54, 1.807) is 17.6 Å². The second-order valence-corrected chi connectivity index (χ2v) is 7.54. The molecule has 4 N–H and O–H groups in total. The Morgan fingerprint density at radius 3 is 2.62 bits per heavy atom. The molecule has 7 heteroatoms. The Morgan fingerprint density at radius 1 is 1.14 bits per heavy atom. The van der Waals surface area contributed by atoms with Gasteiger partial charge >= 0.3 is 0 Å². The minimum atomic E-state index is -0.619. The smallest absolute Gasteiger partial charge is 0.267 e. The van der Waals surface area contributed by atoms with Crippen LogP contribution in [0.2, 0.25) is 0 Å². The zero-order valence-electron chi connectivity index (χ0n) is 16.0. The van der Waals surface area contributed by atoms with Crippen LogP contribution >= 0.6 is 0 Å². The van der Waals surface area contributed by atoms with Gasteiger partial charge in [0, 0.05) is 44.2 Å². The average molecular weight is 392 g/mol. The number of carbonyl (C=O) groups is 2. The van der Waals surface area contributed by atoms with E-state index in [-0.39, 0.29) is 5.91 Å². The molecule has 4 rings (SSSR count). The lowest BCUT2D eigenvalue weighted by atomic mass is 9.91. The summed E-state index contributed by atoms with van der Waals surface area (Å²) < 4.78 is 0. The molecule has 2 amide bonds. The Morgan fingerprint density at radius 2 is 1.90 bits per heavy atom. The third-order valence-electron chi connectivity index (χ3n) is 5.51. The molecule has 0 radical (unpaired) electrons. The number of benzene rings is 2. The predicted octanol–water partition coefficient (Wildman–Crippen LogP) is 2.35. The van der Waals surface area contributed by atoms with Gasteiger partial charge in [0.25, 0.3) is 11.8 Å². The molecular formula is C22H24N4O3. The Kier molecular flexibility index (Phi) is 5.33. The van der Waals surface area contributed by atoms with E-state index in [1.807, 2.05) is 18.2 Å². The van der Waals surface area contributed by atoms with Gasteiger partial charge in [-0.25, -0.2) is 5.48 Å². The number of anilines is 1. The van der Waals surface area contributed by atoms with Crippen molar-refractivity contribution in [3.63, 3.8) is 0 Å². The van der Waals surface area contributed by atoms with Gasteiger partial charge in [0.1, 0.15) is 5.66 Å². The summed E-state index contributed by atoms with van der Waals surface area (Å²) in [6.45, 7) is 2.71. The normalized spacial score (nSPS) is 18.2. The Labute approximate surface area is 169 Å². The number of hydrogen-bond donors (Lipinski definition) is 4. The van der Waals surface area contributed by atoms with E-state index >= 15 is 0 Å². The topological polar surface area (TPSA) is 93.7 Å². The van der Waals surface area contributed by atoms with E-state index in [2.05, 4.69) is 39.8 Å². The van der Waals surface area contributed by atoms with Crippen molar-refractivity contribution in [2.24, 2.45) is 0 Å². The number of hydrogen-bond acceptors (Lipinski definition) is 5. The van der Waals surface area contributed by atoms with Crippen LogP contribution in [0.1, 0.15) is 34.3 Å². The van der Waals surface area contributed by atoms with E-state index in [0.717, 1.165) is 38.2 Å². The SMILES string of the molecule is O=C(C=Cc1ccc2c(c1)C(=O)NC1(CCN(Cc3ccccc3)CC1)N2)NO. The summed E-state index contributed by atoms with van der Waals surface area (Å²) >= 11 is 0. The molecule has 0 unspecified atom stereocenters. The van der Waals surface area contributed by atoms with Crippen LogP contribution in [0, 0.1) is 0 Å². The fourth-order valence-corrected chi connectivity index (χ4v) is 3.93. The first-order valence-corrected chi connectivity index (χ1v) is 9.70. The van der Waals surface area contributed by atoms with Crippen LogP contribution in [0.25, 0.3) is 6.08 Å². The maximum Gasteiger partial charge on any atom is 0.267 e. The maximum absolute atomic E-state index is 12.8. The van der Waals surface area contributed by atoms with Crippen LogP contribution in [0.15, 0.2) is 54.6 Å². The highest BCUT2D eigenvalue weighted by molar-refractivity contribution is 6.03. The van der Waals surface area contributed by atoms with Gasteiger partial charge < -0.3 is 10.6 Å². The number of nitrogens with zero attached hydrogens (tertiary/aromatic N) is 1. The molecule has 1 fully saturated rings. The molecular weight excluding hydrogens is 368 g/mol. The molecule has 150 valence electrons. The van der Waals surface area contributed by atoms with Crippen molar-refractivity contribution >= 4 is 23.6 Å². The molecule has 7 nitrogen and oxygen atoms in total. The summed E-state index contributed by atoms with van der Waals surface area (Å²) in [6.07, 6.45) is 4.40. The van der Waals surface area contributed by atoms with Crippen LogP contribution in [0.4, 0.5) is 5.69 Å². The van der Waals surface area contributed by atoms with Crippen molar-refractivity contribution in [2.45, 2.75) is 25.0 Å². The van der Waals surface area contributed by atoms with Crippen molar-refractivity contribution in [2.75, 3.05) is 18.4 Å². The zero-order chi connectivity index (χ0) is 20.3. The van der Waals surface area contributed by atoms with Gasteiger partial charge in [-0.1, -0.05) is 36.4 Å². The standard InChI is InChI=1S/C22H24N4O3/c27-20(25-29)9-7-16-6-8-19-18(14-16)21(28)24-22(23-19)10-12-26(13-11-22)15-17-4-2-1-3-5-17/h1-9,14,23,29H,10-13,15H2,(H,24,28)(H,25,27). The van der Waals surface area contributed by atoms with Crippen LogP contribution < -0.4 is 16.1 Å². The fraction of sp³-hybridized carbons (Fsp3) is 0.273. The van der Waals surface area contributed by atoms with Gasteiger partial charge in [0.2, 0.25) is 0 Å². The first-order chi connectivity index (χ1) is 14.1. The molecule has 2 aliphatic rings. The van der Waals surface area contributed by atoms with Crippen molar-refractivity contribution in [3.05, 3.63) is 71.3 Å². The number of amides is 2. The van der Waals surface area contributed by atoms with Gasteiger partial charge in [-0.2, -0.15) is 0 Å². The molecule has 0 atom stereocenters. The first kappa shape index (κ1) is 19.2. The lowest BCUT2D eigenvalue weighted by molar-refractivity contribution is -0.124. The van der Waals surface area contributed by atoms with Crippen molar-refractivity contribution < 1.29 is 14.8 Å². The maximum atomic E-state index is 12.8. The second kappa shape index (κ2) is 8.06. The number of nitrogens with one attached hydrogen (secondary N) is 3. The summed E-state index contributed by atoms with van der Waals surface area (Å²) in [4.78, 5) is 26.3. The largest absolute Gasteiger partial charge is 0.362 e. The van der Waals surface area contributed by atoms with Crippen molar-refractivity contribution in [3.8, 4) is 0 Å². The highest BCUT2D eigenvalue weighted by Gasteiger charge is 2.40. The Balaban J connectivity index is 1.43. The predicted molar refractivity (Wildman–Crippen MR) is 110 cm³/mol. The van der Waals surface area contributed by atoms with E-state index in [0.29, 0.717) is 11.1 Å². The number of piperidine rings is 1. The molecule has 2 aromatic carbocycles. The van der Waals surface area contributed by atoms with Gasteiger partial charge in [0.05, 0.1) is 5.56 Å². The van der Waals surface area contributed by atoms with Gasteiger partial charge in [-0.3, -0.25) is 19.7 Å². The van der Waals surface area contributed by atoms with Crippen LogP contribution in [-0.2, 0) is 11.3 Å². The minimum absolute atomic E-state index is 0.114. The van der Waals surface area contributed by atoms with Crippen molar-refractivity contribution in [1.82, 2.24) is 15.7 Å². The van der Waals surface area contributed by atoms with Gasteiger partial charge in [0.15, 0.2) is 0 Å². The molecule has 0 aromatic heterocycles. The molecule has 29 heavy (non-hydrogen) atoms. The number of rotatable bonds is 4. The lowest BCUT2D eigenvalue weighted by Gasteiger charge is -2.46. The summed E-state index contributed by atoms with van der Waals surface area (Å²) in [5, 5.41) is 15.2. The minimum Gasteiger partial charge on any atom is -0.362 e. The third kappa shape index (κ3) is 4.31. The Bertz CT molecular complexity index is 934. The van der Waals surface area contributed by atoms with Crippen molar-refractivity contribution in [1.29, 1.82) is 0 Å².